The first kappa shape index (κ1) is 17.7. The van der Waals surface area contributed by atoms with Gasteiger partial charge in [0, 0.05) is 32.7 Å². The summed E-state index contributed by atoms with van der Waals surface area (Å²) in [7, 11) is 3.01. The number of aromatic nitrogens is 2. The van der Waals surface area contributed by atoms with Gasteiger partial charge < -0.3 is 23.5 Å². The smallest absolute Gasteiger partial charge is 0.373 e. The highest BCUT2D eigenvalue weighted by Crippen LogP contribution is 2.18. The molecular weight excluding hydrogens is 340 g/mol. The molecule has 9 heteroatoms. The summed E-state index contributed by atoms with van der Waals surface area (Å²) in [5, 5.41) is 0. The maximum Gasteiger partial charge on any atom is 0.373 e. The van der Waals surface area contributed by atoms with Crippen molar-refractivity contribution in [3.8, 4) is 0 Å². The third-order valence-electron chi connectivity index (χ3n) is 4.41. The van der Waals surface area contributed by atoms with E-state index in [1.54, 1.807) is 27.7 Å². The summed E-state index contributed by atoms with van der Waals surface area (Å²) < 4.78 is 11.5. The van der Waals surface area contributed by atoms with Gasteiger partial charge in [-0.1, -0.05) is 0 Å². The first-order valence-electron chi connectivity index (χ1n) is 8.17. The Hall–Kier alpha value is -3.10. The Bertz CT molecular complexity index is 840. The number of carbonyl (C=O) groups excluding carboxylic acids is 3. The van der Waals surface area contributed by atoms with Crippen molar-refractivity contribution in [1.29, 1.82) is 0 Å². The normalized spacial score (nSPS) is 17.3. The van der Waals surface area contributed by atoms with E-state index in [0.29, 0.717) is 25.3 Å². The van der Waals surface area contributed by atoms with Crippen LogP contribution in [0.3, 0.4) is 0 Å². The van der Waals surface area contributed by atoms with Crippen LogP contribution in [0.5, 0.6) is 0 Å². The summed E-state index contributed by atoms with van der Waals surface area (Å²) in [6.07, 6.45) is 3.11. The highest BCUT2D eigenvalue weighted by molar-refractivity contribution is 5.95. The molecule has 3 rings (SSSR count). The Morgan fingerprint density at radius 1 is 1.19 bits per heavy atom. The number of piperazine rings is 1. The second-order valence-corrected chi connectivity index (χ2v) is 6.14. The number of carbonyl (C=O) groups is 3. The molecule has 1 aliphatic rings. The van der Waals surface area contributed by atoms with Crippen molar-refractivity contribution >= 4 is 17.8 Å². The number of imidazole rings is 1. The lowest BCUT2D eigenvalue weighted by atomic mass is 10.1. The minimum atomic E-state index is -0.635. The van der Waals surface area contributed by atoms with Gasteiger partial charge in [0.1, 0.15) is 5.69 Å². The van der Waals surface area contributed by atoms with E-state index in [1.165, 1.54) is 25.4 Å². The summed E-state index contributed by atoms with van der Waals surface area (Å²) in [6.45, 7) is 3.05. The van der Waals surface area contributed by atoms with Crippen molar-refractivity contribution < 1.29 is 23.5 Å². The van der Waals surface area contributed by atoms with Gasteiger partial charge in [-0.15, -0.1) is 0 Å². The van der Waals surface area contributed by atoms with E-state index in [-0.39, 0.29) is 29.4 Å². The van der Waals surface area contributed by atoms with Crippen LogP contribution in [-0.4, -0.2) is 69.9 Å². The van der Waals surface area contributed by atoms with Crippen LogP contribution in [0, 0.1) is 0 Å². The lowest BCUT2D eigenvalue weighted by Gasteiger charge is -2.39. The molecule has 1 unspecified atom stereocenters. The van der Waals surface area contributed by atoms with Gasteiger partial charge in [0.2, 0.25) is 5.76 Å². The molecule has 0 spiro atoms. The van der Waals surface area contributed by atoms with Crippen LogP contribution >= 0.6 is 0 Å². The second kappa shape index (κ2) is 7.03. The first-order valence-corrected chi connectivity index (χ1v) is 8.17. The third kappa shape index (κ3) is 3.19. The molecule has 0 aromatic carbocycles. The molecular formula is C17H20N4O5. The monoisotopic (exact) mass is 360 g/mol. The van der Waals surface area contributed by atoms with Crippen molar-refractivity contribution in [2.75, 3.05) is 26.7 Å². The predicted molar refractivity (Wildman–Crippen MR) is 89.7 cm³/mol. The Labute approximate surface area is 150 Å². The second-order valence-electron chi connectivity index (χ2n) is 6.14. The number of ether oxygens (including phenoxy) is 1. The van der Waals surface area contributed by atoms with E-state index < -0.39 is 5.97 Å². The van der Waals surface area contributed by atoms with Crippen LogP contribution in [0.1, 0.15) is 38.5 Å². The van der Waals surface area contributed by atoms with Crippen LogP contribution in [-0.2, 0) is 11.8 Å². The quantitative estimate of drug-likeness (QED) is 0.751. The molecule has 138 valence electrons. The fourth-order valence-corrected chi connectivity index (χ4v) is 2.97. The summed E-state index contributed by atoms with van der Waals surface area (Å²) in [5.41, 5.74) is 0.505. The number of nitrogens with zero attached hydrogens (tertiary/aromatic N) is 4. The number of methoxy groups -OCH3 is 1. The molecule has 9 nitrogen and oxygen atoms in total. The molecule has 2 amide bonds. The number of esters is 1. The van der Waals surface area contributed by atoms with E-state index >= 15 is 0 Å². The van der Waals surface area contributed by atoms with Crippen molar-refractivity contribution in [1.82, 2.24) is 19.4 Å². The zero-order chi connectivity index (χ0) is 18.8. The molecule has 1 atom stereocenters. The van der Waals surface area contributed by atoms with E-state index in [0.717, 1.165) is 0 Å². The number of amides is 2. The van der Waals surface area contributed by atoms with Crippen LogP contribution in [0.15, 0.2) is 29.1 Å². The van der Waals surface area contributed by atoms with Gasteiger partial charge in [-0.3, -0.25) is 9.59 Å². The van der Waals surface area contributed by atoms with E-state index in [9.17, 15) is 14.4 Å². The van der Waals surface area contributed by atoms with Gasteiger partial charge in [-0.05, 0) is 19.1 Å². The SMILES string of the molecule is COC(=O)c1ccc(C(=O)N2CCN(C(=O)c3cncn3C)CC2C)o1. The lowest BCUT2D eigenvalue weighted by Crippen LogP contribution is -2.55. The van der Waals surface area contributed by atoms with Gasteiger partial charge in [0.25, 0.3) is 11.8 Å². The highest BCUT2D eigenvalue weighted by Gasteiger charge is 2.32. The summed E-state index contributed by atoms with van der Waals surface area (Å²) >= 11 is 0. The maximum atomic E-state index is 12.7. The third-order valence-corrected chi connectivity index (χ3v) is 4.41. The van der Waals surface area contributed by atoms with Gasteiger partial charge in [-0.25, -0.2) is 9.78 Å². The van der Waals surface area contributed by atoms with E-state index in [4.69, 9.17) is 4.42 Å². The first-order chi connectivity index (χ1) is 12.4. The molecule has 1 saturated heterocycles. The number of hydrogen-bond donors (Lipinski definition) is 0. The van der Waals surface area contributed by atoms with E-state index in [2.05, 4.69) is 9.72 Å². The van der Waals surface area contributed by atoms with Crippen LogP contribution in [0.2, 0.25) is 0 Å². The summed E-state index contributed by atoms with van der Waals surface area (Å²) in [5.74, 6) is -1.02. The minimum Gasteiger partial charge on any atom is -0.463 e. The number of furan rings is 1. The fraction of sp³-hybridized carbons (Fsp3) is 0.412. The fourth-order valence-electron chi connectivity index (χ4n) is 2.97. The summed E-state index contributed by atoms with van der Waals surface area (Å²) in [6, 6.07) is 2.67. The number of hydrogen-bond acceptors (Lipinski definition) is 6. The molecule has 0 bridgehead atoms. The lowest BCUT2D eigenvalue weighted by molar-refractivity contribution is 0.0386. The van der Waals surface area contributed by atoms with Crippen LogP contribution < -0.4 is 0 Å². The molecule has 2 aromatic heterocycles. The van der Waals surface area contributed by atoms with Gasteiger partial charge in [0.15, 0.2) is 5.76 Å². The average molecular weight is 360 g/mol. The summed E-state index contributed by atoms with van der Waals surface area (Å²) in [4.78, 5) is 44.0. The molecule has 2 aromatic rings. The van der Waals surface area contributed by atoms with Crippen LogP contribution in [0.25, 0.3) is 0 Å². The molecule has 1 fully saturated rings. The largest absolute Gasteiger partial charge is 0.463 e. The van der Waals surface area contributed by atoms with Crippen molar-refractivity contribution in [3.05, 3.63) is 41.9 Å². The maximum absolute atomic E-state index is 12.7. The number of aryl methyl sites for hydroxylation is 1. The van der Waals surface area contributed by atoms with Gasteiger partial charge in [-0.2, -0.15) is 0 Å². The van der Waals surface area contributed by atoms with E-state index in [1.807, 2.05) is 6.92 Å². The standard InChI is InChI=1S/C17H20N4O5/c1-11-9-20(15(22)12-8-18-10-19(12)2)6-7-21(11)16(23)13-4-5-14(26-13)17(24)25-3/h4-5,8,10-11H,6-7,9H2,1-3H3. The van der Waals surface area contributed by atoms with Gasteiger partial charge in [0.05, 0.1) is 19.6 Å². The molecule has 1 aliphatic heterocycles. The molecule has 0 aliphatic carbocycles. The Balaban J connectivity index is 1.68. The number of rotatable bonds is 3. The molecule has 26 heavy (non-hydrogen) atoms. The van der Waals surface area contributed by atoms with Crippen LogP contribution in [0.4, 0.5) is 0 Å². The Morgan fingerprint density at radius 3 is 2.54 bits per heavy atom. The zero-order valence-corrected chi connectivity index (χ0v) is 14.8. The molecule has 3 heterocycles. The predicted octanol–water partition coefficient (Wildman–Crippen LogP) is 0.786. The van der Waals surface area contributed by atoms with Gasteiger partial charge >= 0.3 is 5.97 Å². The zero-order valence-electron chi connectivity index (χ0n) is 14.8. The molecule has 0 radical (unpaired) electrons. The van der Waals surface area contributed by atoms with Crippen molar-refractivity contribution in [2.24, 2.45) is 7.05 Å². The molecule has 0 saturated carbocycles. The Kier molecular flexibility index (Phi) is 4.79. The average Bonchev–Trinajstić information content (AvgIpc) is 3.29. The topological polar surface area (TPSA) is 97.9 Å². The molecule has 0 N–H and O–H groups in total. The Morgan fingerprint density at radius 2 is 1.92 bits per heavy atom. The van der Waals surface area contributed by atoms with Crippen molar-refractivity contribution in [2.45, 2.75) is 13.0 Å². The highest BCUT2D eigenvalue weighted by atomic mass is 16.5. The van der Waals surface area contributed by atoms with Crippen molar-refractivity contribution in [3.63, 3.8) is 0 Å². The minimum absolute atomic E-state index is 0.0199.